The van der Waals surface area contributed by atoms with Gasteiger partial charge >= 0.3 is 12.0 Å². The molecule has 2 N–H and O–H groups in total. The zero-order valence-corrected chi connectivity index (χ0v) is 17.0. The molecular weight excluding hydrogens is 374 g/mol. The molecule has 1 spiro atoms. The standard InChI is InChI=1S/C21H27N3O5/c1-13-7-9-16(10-8-13)22-18(26)15(3)29-17(25)12-24-19(27)21(23-20(24)28)11-5-4-6-14(21)2/h7-10,14-15H,4-6,11-12H2,1-3H3,(H,22,26)(H,23,28)/t14-,15-,21+/m0/s1. The minimum absolute atomic E-state index is 0.00734. The number of nitrogens with one attached hydrogen (secondary N) is 2. The van der Waals surface area contributed by atoms with Gasteiger partial charge in [-0.05, 0) is 44.7 Å². The van der Waals surface area contributed by atoms with Crippen molar-refractivity contribution in [2.24, 2.45) is 5.92 Å². The van der Waals surface area contributed by atoms with E-state index < -0.39 is 36.1 Å². The lowest BCUT2D eigenvalue weighted by atomic mass is 9.73. The number of aryl methyl sites for hydroxylation is 1. The first-order valence-corrected chi connectivity index (χ1v) is 9.94. The fourth-order valence-electron chi connectivity index (χ4n) is 3.94. The van der Waals surface area contributed by atoms with Gasteiger partial charge < -0.3 is 15.4 Å². The number of urea groups is 1. The summed E-state index contributed by atoms with van der Waals surface area (Å²) < 4.78 is 5.14. The van der Waals surface area contributed by atoms with Crippen molar-refractivity contribution in [1.29, 1.82) is 0 Å². The Bertz CT molecular complexity index is 822. The molecule has 0 unspecified atom stereocenters. The first kappa shape index (κ1) is 20.8. The molecule has 0 aromatic heterocycles. The predicted octanol–water partition coefficient (Wildman–Crippen LogP) is 2.37. The number of carbonyl (C=O) groups excluding carboxylic acids is 4. The second-order valence-corrected chi connectivity index (χ2v) is 7.93. The summed E-state index contributed by atoms with van der Waals surface area (Å²) in [6.07, 6.45) is 2.22. The van der Waals surface area contributed by atoms with Gasteiger partial charge in [0.1, 0.15) is 12.1 Å². The van der Waals surface area contributed by atoms with E-state index in [1.165, 1.54) is 6.92 Å². The molecule has 156 valence electrons. The number of benzene rings is 1. The Morgan fingerprint density at radius 2 is 1.97 bits per heavy atom. The van der Waals surface area contributed by atoms with Crippen molar-refractivity contribution in [1.82, 2.24) is 10.2 Å². The molecule has 0 bridgehead atoms. The second kappa shape index (κ2) is 8.23. The van der Waals surface area contributed by atoms with Crippen molar-refractivity contribution < 1.29 is 23.9 Å². The molecule has 8 nitrogen and oxygen atoms in total. The van der Waals surface area contributed by atoms with Gasteiger partial charge in [-0.3, -0.25) is 19.3 Å². The summed E-state index contributed by atoms with van der Waals surface area (Å²) in [4.78, 5) is 50.6. The average molecular weight is 401 g/mol. The highest BCUT2D eigenvalue weighted by Crippen LogP contribution is 2.38. The molecular formula is C21H27N3O5. The SMILES string of the molecule is Cc1ccc(NC(=O)[C@H](C)OC(=O)CN2C(=O)N[C@@]3(CCCC[C@@H]3C)C2=O)cc1. The fourth-order valence-corrected chi connectivity index (χ4v) is 3.94. The maximum absolute atomic E-state index is 12.9. The average Bonchev–Trinajstić information content (AvgIpc) is 2.91. The number of nitrogens with zero attached hydrogens (tertiary/aromatic N) is 1. The van der Waals surface area contributed by atoms with Crippen LogP contribution in [0.4, 0.5) is 10.5 Å². The highest BCUT2D eigenvalue weighted by Gasteiger charge is 2.55. The third kappa shape index (κ3) is 4.26. The Morgan fingerprint density at radius 1 is 1.28 bits per heavy atom. The van der Waals surface area contributed by atoms with Gasteiger partial charge in [-0.25, -0.2) is 4.79 Å². The number of amides is 4. The molecule has 3 atom stereocenters. The van der Waals surface area contributed by atoms with E-state index in [1.807, 2.05) is 26.0 Å². The molecule has 8 heteroatoms. The number of esters is 1. The van der Waals surface area contributed by atoms with E-state index in [9.17, 15) is 19.2 Å². The largest absolute Gasteiger partial charge is 0.451 e. The van der Waals surface area contributed by atoms with E-state index in [0.29, 0.717) is 12.1 Å². The maximum Gasteiger partial charge on any atom is 0.327 e. The second-order valence-electron chi connectivity index (χ2n) is 7.93. The van der Waals surface area contributed by atoms with Crippen LogP contribution in [0.3, 0.4) is 0 Å². The Kier molecular flexibility index (Phi) is 5.91. The van der Waals surface area contributed by atoms with Crippen LogP contribution in [0.15, 0.2) is 24.3 Å². The number of hydrogen-bond acceptors (Lipinski definition) is 5. The van der Waals surface area contributed by atoms with Crippen molar-refractivity contribution in [3.05, 3.63) is 29.8 Å². The van der Waals surface area contributed by atoms with Crippen molar-refractivity contribution >= 4 is 29.5 Å². The highest BCUT2D eigenvalue weighted by molar-refractivity contribution is 6.09. The normalized spacial score (nSPS) is 24.9. The minimum atomic E-state index is -1.06. The molecule has 0 radical (unpaired) electrons. The first-order chi connectivity index (χ1) is 13.7. The van der Waals surface area contributed by atoms with Crippen LogP contribution in [0.2, 0.25) is 0 Å². The van der Waals surface area contributed by atoms with Crippen LogP contribution in [0.25, 0.3) is 0 Å². The van der Waals surface area contributed by atoms with Crippen LogP contribution in [-0.2, 0) is 19.1 Å². The van der Waals surface area contributed by atoms with Gasteiger partial charge in [-0.2, -0.15) is 0 Å². The van der Waals surface area contributed by atoms with E-state index in [0.717, 1.165) is 29.7 Å². The summed E-state index contributed by atoms with van der Waals surface area (Å²) in [6, 6.07) is 6.62. The molecule has 1 heterocycles. The van der Waals surface area contributed by atoms with E-state index in [1.54, 1.807) is 12.1 Å². The van der Waals surface area contributed by atoms with Gasteiger partial charge in [-0.1, -0.05) is 37.5 Å². The Labute approximate surface area is 170 Å². The molecule has 29 heavy (non-hydrogen) atoms. The van der Waals surface area contributed by atoms with Gasteiger partial charge in [0.15, 0.2) is 6.10 Å². The summed E-state index contributed by atoms with van der Waals surface area (Å²) in [7, 11) is 0. The molecule has 2 fully saturated rings. The maximum atomic E-state index is 12.9. The third-order valence-electron chi connectivity index (χ3n) is 5.79. The van der Waals surface area contributed by atoms with Crippen LogP contribution in [0.1, 0.15) is 45.1 Å². The van der Waals surface area contributed by atoms with E-state index in [4.69, 9.17) is 4.74 Å². The molecule has 1 aliphatic heterocycles. The van der Waals surface area contributed by atoms with Crippen LogP contribution in [0, 0.1) is 12.8 Å². The summed E-state index contributed by atoms with van der Waals surface area (Å²) in [6.45, 7) is 4.81. The molecule has 1 saturated carbocycles. The quantitative estimate of drug-likeness (QED) is 0.582. The monoisotopic (exact) mass is 401 g/mol. The molecule has 1 saturated heterocycles. The summed E-state index contributed by atoms with van der Waals surface area (Å²) in [5.74, 6) is -1.67. The zero-order chi connectivity index (χ0) is 21.2. The molecule has 3 rings (SSSR count). The summed E-state index contributed by atoms with van der Waals surface area (Å²) in [5.41, 5.74) is 0.719. The van der Waals surface area contributed by atoms with Crippen molar-refractivity contribution in [2.75, 3.05) is 11.9 Å². The molecule has 2 aliphatic rings. The van der Waals surface area contributed by atoms with Crippen LogP contribution >= 0.6 is 0 Å². The lowest BCUT2D eigenvalue weighted by Gasteiger charge is -2.36. The Balaban J connectivity index is 1.57. The van der Waals surface area contributed by atoms with Crippen molar-refractivity contribution in [3.63, 3.8) is 0 Å². The van der Waals surface area contributed by atoms with Crippen molar-refractivity contribution in [2.45, 2.75) is 58.1 Å². The molecule has 4 amide bonds. The topological polar surface area (TPSA) is 105 Å². The Hall–Kier alpha value is -2.90. The van der Waals surface area contributed by atoms with Crippen molar-refractivity contribution in [3.8, 4) is 0 Å². The summed E-state index contributed by atoms with van der Waals surface area (Å²) >= 11 is 0. The number of rotatable bonds is 5. The van der Waals surface area contributed by atoms with Gasteiger partial charge in [-0.15, -0.1) is 0 Å². The lowest BCUT2D eigenvalue weighted by molar-refractivity contribution is -0.155. The predicted molar refractivity (Wildman–Crippen MR) is 106 cm³/mol. The number of hydrogen-bond donors (Lipinski definition) is 2. The van der Waals surface area contributed by atoms with E-state index in [-0.39, 0.29) is 11.8 Å². The van der Waals surface area contributed by atoms with Gasteiger partial charge in [0.2, 0.25) is 0 Å². The van der Waals surface area contributed by atoms with Crippen LogP contribution < -0.4 is 10.6 Å². The van der Waals surface area contributed by atoms with Gasteiger partial charge in [0.25, 0.3) is 11.8 Å². The van der Waals surface area contributed by atoms with Gasteiger partial charge in [0, 0.05) is 5.69 Å². The number of carbonyl (C=O) groups is 4. The Morgan fingerprint density at radius 3 is 2.62 bits per heavy atom. The van der Waals surface area contributed by atoms with Crippen LogP contribution in [-0.4, -0.2) is 46.9 Å². The number of imide groups is 1. The minimum Gasteiger partial charge on any atom is -0.451 e. The lowest BCUT2D eigenvalue weighted by Crippen LogP contribution is -2.54. The third-order valence-corrected chi connectivity index (χ3v) is 5.79. The smallest absolute Gasteiger partial charge is 0.327 e. The van der Waals surface area contributed by atoms with E-state index in [2.05, 4.69) is 10.6 Å². The van der Waals surface area contributed by atoms with Crippen LogP contribution in [0.5, 0.6) is 0 Å². The first-order valence-electron chi connectivity index (χ1n) is 9.94. The number of anilines is 1. The van der Waals surface area contributed by atoms with E-state index >= 15 is 0 Å². The zero-order valence-electron chi connectivity index (χ0n) is 17.0. The highest BCUT2D eigenvalue weighted by atomic mass is 16.5. The molecule has 1 aromatic carbocycles. The fraction of sp³-hybridized carbons (Fsp3) is 0.524. The molecule has 1 aliphatic carbocycles. The summed E-state index contributed by atoms with van der Waals surface area (Å²) in [5, 5.41) is 5.45. The number of ether oxygens (including phenoxy) is 1. The van der Waals surface area contributed by atoms with Gasteiger partial charge in [0.05, 0.1) is 0 Å². The molecule has 1 aromatic rings.